The SMILES string of the molecule is O=S(=O)(c1cc(F)ccc1NCC1CCN(CC(F)(F)F)C1)C(F)(F)F. The molecule has 1 N–H and O–H groups in total. The van der Waals surface area contributed by atoms with E-state index >= 15 is 0 Å². The van der Waals surface area contributed by atoms with Crippen molar-refractivity contribution in [2.75, 3.05) is 31.5 Å². The number of nitrogens with zero attached hydrogens (tertiary/aromatic N) is 1. The number of benzene rings is 1. The van der Waals surface area contributed by atoms with E-state index in [1.165, 1.54) is 0 Å². The third kappa shape index (κ3) is 5.00. The lowest BCUT2D eigenvalue weighted by Gasteiger charge is -2.19. The molecule has 1 fully saturated rings. The van der Waals surface area contributed by atoms with Gasteiger partial charge in [0.1, 0.15) is 10.7 Å². The minimum atomic E-state index is -5.77. The highest BCUT2D eigenvalue weighted by Crippen LogP contribution is 2.35. The minimum Gasteiger partial charge on any atom is -0.384 e. The lowest BCUT2D eigenvalue weighted by Crippen LogP contribution is -2.33. The molecule has 1 saturated heterocycles. The topological polar surface area (TPSA) is 49.4 Å². The van der Waals surface area contributed by atoms with Crippen molar-refractivity contribution < 1.29 is 39.2 Å². The molecule has 12 heteroatoms. The normalized spacial score (nSPS) is 19.7. The Hall–Kier alpha value is -1.56. The van der Waals surface area contributed by atoms with E-state index in [9.17, 15) is 39.2 Å². The van der Waals surface area contributed by atoms with Crippen LogP contribution in [0.4, 0.5) is 36.4 Å². The quantitative estimate of drug-likeness (QED) is 0.759. The molecule has 0 saturated carbocycles. The Morgan fingerprint density at radius 3 is 2.38 bits per heavy atom. The van der Waals surface area contributed by atoms with Crippen LogP contribution >= 0.6 is 0 Å². The molecule has 0 aliphatic carbocycles. The largest absolute Gasteiger partial charge is 0.501 e. The van der Waals surface area contributed by atoms with Crippen LogP contribution in [0.5, 0.6) is 0 Å². The first-order chi connectivity index (χ1) is 11.8. The van der Waals surface area contributed by atoms with Crippen molar-refractivity contribution in [2.45, 2.75) is 23.0 Å². The van der Waals surface area contributed by atoms with Crippen molar-refractivity contribution in [2.24, 2.45) is 5.92 Å². The molecular weight excluding hydrogens is 393 g/mol. The van der Waals surface area contributed by atoms with Crippen LogP contribution in [0.2, 0.25) is 0 Å². The summed E-state index contributed by atoms with van der Waals surface area (Å²) in [6, 6.07) is 1.91. The molecule has 1 aromatic rings. The van der Waals surface area contributed by atoms with Crippen molar-refractivity contribution in [1.82, 2.24) is 4.90 Å². The van der Waals surface area contributed by atoms with Gasteiger partial charge in [0.25, 0.3) is 9.84 Å². The number of likely N-dealkylation sites (tertiary alicyclic amines) is 1. The number of sulfone groups is 1. The number of rotatable bonds is 5. The molecule has 0 spiro atoms. The Morgan fingerprint density at radius 2 is 1.81 bits per heavy atom. The Labute approximate surface area is 144 Å². The van der Waals surface area contributed by atoms with Crippen LogP contribution in [0, 0.1) is 11.7 Å². The van der Waals surface area contributed by atoms with Crippen LogP contribution in [0.3, 0.4) is 0 Å². The summed E-state index contributed by atoms with van der Waals surface area (Å²) in [6.45, 7) is -0.897. The van der Waals surface area contributed by atoms with Crippen molar-refractivity contribution in [3.05, 3.63) is 24.0 Å². The highest BCUT2D eigenvalue weighted by atomic mass is 32.2. The summed E-state index contributed by atoms with van der Waals surface area (Å²) in [5.41, 5.74) is -6.05. The number of hydrogen-bond donors (Lipinski definition) is 1. The molecule has 1 atom stereocenters. The lowest BCUT2D eigenvalue weighted by atomic mass is 10.1. The first-order valence-electron chi connectivity index (χ1n) is 7.43. The van der Waals surface area contributed by atoms with Crippen LogP contribution in [0.1, 0.15) is 6.42 Å². The average molecular weight is 408 g/mol. The number of halogens is 7. The first-order valence-corrected chi connectivity index (χ1v) is 8.92. The molecule has 2 rings (SSSR count). The summed E-state index contributed by atoms with van der Waals surface area (Å²) < 4.78 is 112. The standard InChI is InChI=1S/C14H15F7N2O2S/c15-10-1-2-11(12(5-10)26(24,25)14(19,20)21)22-6-9-3-4-23(7-9)8-13(16,17)18/h1-2,5,9,22H,3-4,6-8H2. The van der Waals surface area contributed by atoms with Crippen molar-refractivity contribution in [1.29, 1.82) is 0 Å². The molecular formula is C14H15F7N2O2S. The second-order valence-electron chi connectivity index (χ2n) is 5.98. The van der Waals surface area contributed by atoms with Crippen LogP contribution in [-0.2, 0) is 9.84 Å². The van der Waals surface area contributed by atoms with Gasteiger partial charge in [0.15, 0.2) is 0 Å². The van der Waals surface area contributed by atoms with Gasteiger partial charge >= 0.3 is 11.7 Å². The zero-order valence-electron chi connectivity index (χ0n) is 13.2. The number of anilines is 1. The zero-order chi connectivity index (χ0) is 19.8. The van der Waals surface area contributed by atoms with Gasteiger partial charge < -0.3 is 5.32 Å². The van der Waals surface area contributed by atoms with E-state index in [-0.39, 0.29) is 31.6 Å². The molecule has 26 heavy (non-hydrogen) atoms. The minimum absolute atomic E-state index is 0.0413. The summed E-state index contributed by atoms with van der Waals surface area (Å²) >= 11 is 0. The highest BCUT2D eigenvalue weighted by Gasteiger charge is 2.48. The Morgan fingerprint density at radius 1 is 1.15 bits per heavy atom. The van der Waals surface area contributed by atoms with Gasteiger partial charge in [-0.25, -0.2) is 12.8 Å². The molecule has 1 heterocycles. The highest BCUT2D eigenvalue weighted by molar-refractivity contribution is 7.92. The molecule has 0 radical (unpaired) electrons. The monoisotopic (exact) mass is 408 g/mol. The summed E-state index contributed by atoms with van der Waals surface area (Å²) in [7, 11) is -5.77. The van der Waals surface area contributed by atoms with Crippen LogP contribution in [0.25, 0.3) is 0 Å². The predicted octanol–water partition coefficient (Wildman–Crippen LogP) is 3.42. The van der Waals surface area contributed by atoms with Crippen LogP contribution in [-0.4, -0.2) is 51.2 Å². The molecule has 0 bridgehead atoms. The van der Waals surface area contributed by atoms with Gasteiger partial charge in [0, 0.05) is 13.1 Å². The molecule has 1 unspecified atom stereocenters. The van der Waals surface area contributed by atoms with Crippen molar-refractivity contribution in [3.63, 3.8) is 0 Å². The molecule has 0 amide bonds. The van der Waals surface area contributed by atoms with Gasteiger partial charge in [-0.1, -0.05) is 0 Å². The summed E-state index contributed by atoms with van der Waals surface area (Å²) in [5.74, 6) is -1.47. The Bertz CT molecular complexity index is 747. The maximum atomic E-state index is 13.2. The maximum Gasteiger partial charge on any atom is 0.501 e. The van der Waals surface area contributed by atoms with E-state index in [0.29, 0.717) is 6.42 Å². The number of nitrogens with one attached hydrogen (secondary N) is 1. The van der Waals surface area contributed by atoms with Crippen LogP contribution < -0.4 is 5.32 Å². The fraction of sp³-hybridized carbons (Fsp3) is 0.571. The fourth-order valence-corrected chi connectivity index (χ4v) is 3.67. The zero-order valence-corrected chi connectivity index (χ0v) is 14.0. The van der Waals surface area contributed by atoms with E-state index in [2.05, 4.69) is 5.32 Å². The van der Waals surface area contributed by atoms with E-state index in [1.54, 1.807) is 0 Å². The second kappa shape index (κ2) is 7.22. The molecule has 1 aliphatic rings. The molecule has 148 valence electrons. The Balaban J connectivity index is 2.10. The molecule has 1 aliphatic heterocycles. The Kier molecular flexibility index (Phi) is 5.76. The van der Waals surface area contributed by atoms with Gasteiger partial charge in [0.2, 0.25) is 0 Å². The van der Waals surface area contributed by atoms with Crippen LogP contribution in [0.15, 0.2) is 23.1 Å². The molecule has 0 aromatic heterocycles. The van der Waals surface area contributed by atoms with E-state index in [1.807, 2.05) is 0 Å². The summed E-state index contributed by atoms with van der Waals surface area (Å²) in [5, 5.41) is 2.49. The van der Waals surface area contributed by atoms with E-state index in [4.69, 9.17) is 0 Å². The average Bonchev–Trinajstić information content (AvgIpc) is 2.90. The van der Waals surface area contributed by atoms with Gasteiger partial charge in [-0.3, -0.25) is 4.90 Å². The van der Waals surface area contributed by atoms with E-state index < -0.39 is 44.5 Å². The summed E-state index contributed by atoms with van der Waals surface area (Å²) in [6.07, 6.45) is -3.99. The fourth-order valence-electron chi connectivity index (χ4n) is 2.72. The maximum absolute atomic E-state index is 13.2. The van der Waals surface area contributed by atoms with Gasteiger partial charge in [-0.05, 0) is 37.1 Å². The molecule has 4 nitrogen and oxygen atoms in total. The van der Waals surface area contributed by atoms with Gasteiger partial charge in [-0.2, -0.15) is 26.3 Å². The number of hydrogen-bond acceptors (Lipinski definition) is 4. The van der Waals surface area contributed by atoms with Crippen molar-refractivity contribution in [3.8, 4) is 0 Å². The van der Waals surface area contributed by atoms with Gasteiger partial charge in [-0.15, -0.1) is 0 Å². The molecule has 1 aromatic carbocycles. The predicted molar refractivity (Wildman–Crippen MR) is 78.7 cm³/mol. The smallest absolute Gasteiger partial charge is 0.384 e. The number of alkyl halides is 6. The van der Waals surface area contributed by atoms with Crippen molar-refractivity contribution >= 4 is 15.5 Å². The van der Waals surface area contributed by atoms with E-state index in [0.717, 1.165) is 17.0 Å². The lowest BCUT2D eigenvalue weighted by molar-refractivity contribution is -0.143. The third-order valence-corrected chi connectivity index (χ3v) is 5.42. The first kappa shape index (κ1) is 20.7. The van der Waals surface area contributed by atoms with Gasteiger partial charge in [0.05, 0.1) is 12.2 Å². The second-order valence-corrected chi connectivity index (χ2v) is 7.89. The third-order valence-electron chi connectivity index (χ3n) is 3.89. The summed E-state index contributed by atoms with van der Waals surface area (Å²) in [4.78, 5) is -0.0974.